The lowest BCUT2D eigenvalue weighted by Crippen LogP contribution is -2.38. The molecule has 5 rings (SSSR count). The molecule has 1 aromatic heterocycles. The van der Waals surface area contributed by atoms with E-state index in [4.69, 9.17) is 28.9 Å². The lowest BCUT2D eigenvalue weighted by atomic mass is 10.0. The summed E-state index contributed by atoms with van der Waals surface area (Å²) in [5, 5.41) is 6.61. The number of carbonyl (C=O) groups excluding carboxylic acids is 1. The summed E-state index contributed by atoms with van der Waals surface area (Å²) < 4.78 is 23.0. The molecule has 3 heterocycles. The first-order chi connectivity index (χ1) is 19.9. The van der Waals surface area contributed by atoms with Gasteiger partial charge in [0.25, 0.3) is 0 Å². The number of rotatable bonds is 9. The van der Waals surface area contributed by atoms with Gasteiger partial charge in [0.2, 0.25) is 5.95 Å². The second kappa shape index (κ2) is 13.3. The molecule has 11 heteroatoms. The summed E-state index contributed by atoms with van der Waals surface area (Å²) in [5.74, 6) is 2.48. The van der Waals surface area contributed by atoms with Crippen molar-refractivity contribution in [2.45, 2.75) is 26.7 Å². The van der Waals surface area contributed by atoms with E-state index >= 15 is 0 Å². The van der Waals surface area contributed by atoms with Gasteiger partial charge in [0.05, 0.1) is 39.1 Å². The van der Waals surface area contributed by atoms with E-state index in [1.54, 1.807) is 7.11 Å². The Bertz CT molecular complexity index is 1350. The zero-order valence-corrected chi connectivity index (χ0v) is 24.4. The molecule has 0 spiro atoms. The average Bonchev–Trinajstić information content (AvgIpc) is 2.98. The van der Waals surface area contributed by atoms with Gasteiger partial charge in [-0.05, 0) is 36.6 Å². The van der Waals surface area contributed by atoms with E-state index in [2.05, 4.69) is 40.3 Å². The van der Waals surface area contributed by atoms with Gasteiger partial charge in [-0.3, -0.25) is 10.2 Å². The third kappa shape index (κ3) is 6.98. The van der Waals surface area contributed by atoms with Gasteiger partial charge in [-0.25, -0.2) is 9.78 Å². The van der Waals surface area contributed by atoms with Gasteiger partial charge in [0, 0.05) is 49.4 Å². The molecule has 2 aliphatic heterocycles. The largest absolute Gasteiger partial charge is 0.493 e. The normalized spacial score (nSPS) is 16.2. The maximum absolute atomic E-state index is 13.2. The van der Waals surface area contributed by atoms with Gasteiger partial charge in [0.1, 0.15) is 12.4 Å². The highest BCUT2D eigenvalue weighted by atomic mass is 16.5. The van der Waals surface area contributed by atoms with Gasteiger partial charge in [-0.2, -0.15) is 4.98 Å². The number of nitrogens with one attached hydrogen (secondary N) is 2. The van der Waals surface area contributed by atoms with Crippen LogP contribution in [0.5, 0.6) is 11.5 Å². The molecule has 0 atom stereocenters. The van der Waals surface area contributed by atoms with E-state index in [-0.39, 0.29) is 6.03 Å². The molecule has 0 aliphatic carbocycles. The Labute approximate surface area is 241 Å². The van der Waals surface area contributed by atoms with Crippen molar-refractivity contribution in [1.82, 2.24) is 14.9 Å². The van der Waals surface area contributed by atoms with Crippen molar-refractivity contribution in [2.24, 2.45) is 0 Å². The maximum Gasteiger partial charge on any atom is 0.324 e. The number of fused-ring (bicyclic) bond motifs is 1. The minimum absolute atomic E-state index is 0.348. The van der Waals surface area contributed by atoms with Crippen LogP contribution in [-0.4, -0.2) is 93.8 Å². The van der Waals surface area contributed by atoms with Crippen LogP contribution in [0.2, 0.25) is 0 Å². The Morgan fingerprint density at radius 3 is 2.46 bits per heavy atom. The summed E-state index contributed by atoms with van der Waals surface area (Å²) in [4.78, 5) is 27.4. The van der Waals surface area contributed by atoms with Crippen LogP contribution in [0.25, 0.3) is 10.9 Å². The Hall–Kier alpha value is -3.67. The highest BCUT2D eigenvalue weighted by Gasteiger charge is 2.22. The van der Waals surface area contributed by atoms with E-state index in [0.717, 1.165) is 44.0 Å². The minimum Gasteiger partial charge on any atom is -0.493 e. The van der Waals surface area contributed by atoms with Gasteiger partial charge in [-0.1, -0.05) is 26.0 Å². The molecule has 0 radical (unpaired) electrons. The van der Waals surface area contributed by atoms with Gasteiger partial charge < -0.3 is 29.2 Å². The van der Waals surface area contributed by atoms with Crippen LogP contribution in [0.1, 0.15) is 30.9 Å². The number of benzene rings is 2. The lowest BCUT2D eigenvalue weighted by Gasteiger charge is -2.28. The van der Waals surface area contributed by atoms with E-state index in [1.807, 2.05) is 31.2 Å². The van der Waals surface area contributed by atoms with Gasteiger partial charge in [-0.15, -0.1) is 0 Å². The van der Waals surface area contributed by atoms with E-state index in [0.29, 0.717) is 78.7 Å². The molecule has 2 aromatic carbocycles. The number of hydrogen-bond acceptors (Lipinski definition) is 9. The second-order valence-corrected chi connectivity index (χ2v) is 10.6. The Kier molecular flexibility index (Phi) is 9.38. The maximum atomic E-state index is 13.2. The molecule has 0 unspecified atom stereocenters. The van der Waals surface area contributed by atoms with Crippen LogP contribution in [0, 0.1) is 6.92 Å². The Morgan fingerprint density at radius 2 is 1.76 bits per heavy atom. The first kappa shape index (κ1) is 28.8. The lowest BCUT2D eigenvalue weighted by molar-refractivity contribution is 0.0321. The number of carbonyl (C=O) groups is 1. The fourth-order valence-corrected chi connectivity index (χ4v) is 5.09. The van der Waals surface area contributed by atoms with Crippen molar-refractivity contribution in [3.05, 3.63) is 41.5 Å². The molecule has 0 bridgehead atoms. The van der Waals surface area contributed by atoms with Crippen LogP contribution >= 0.6 is 0 Å². The van der Waals surface area contributed by atoms with Crippen molar-refractivity contribution in [1.29, 1.82) is 0 Å². The fourth-order valence-electron chi connectivity index (χ4n) is 5.09. The smallest absolute Gasteiger partial charge is 0.324 e. The molecule has 0 saturated carbocycles. The summed E-state index contributed by atoms with van der Waals surface area (Å²) in [6.07, 6.45) is 0. The number of methoxy groups -OCH3 is 1. The number of anilines is 3. The monoisotopic (exact) mass is 564 g/mol. The van der Waals surface area contributed by atoms with Crippen molar-refractivity contribution in [2.75, 3.05) is 88.4 Å². The molecule has 2 fully saturated rings. The SMILES string of the molecule is COc1c(OCCN2CCOCC2)cc2c(NC(=O)Nc3cccc(C(C)C)c3)nc(N3CCOCC3)nc2c1C. The number of urea groups is 1. The number of hydrogen-bond donors (Lipinski definition) is 2. The zero-order chi connectivity index (χ0) is 28.8. The van der Waals surface area contributed by atoms with Crippen LogP contribution in [-0.2, 0) is 9.47 Å². The first-order valence-corrected chi connectivity index (χ1v) is 14.3. The summed E-state index contributed by atoms with van der Waals surface area (Å²) in [7, 11) is 1.63. The number of nitrogens with zero attached hydrogens (tertiary/aromatic N) is 4. The summed E-state index contributed by atoms with van der Waals surface area (Å²) >= 11 is 0. The van der Waals surface area contributed by atoms with E-state index in [9.17, 15) is 4.79 Å². The molecular formula is C30H40N6O5. The molecule has 11 nitrogen and oxygen atoms in total. The average molecular weight is 565 g/mol. The number of aromatic nitrogens is 2. The van der Waals surface area contributed by atoms with Gasteiger partial charge >= 0.3 is 6.03 Å². The molecule has 2 amide bonds. The van der Waals surface area contributed by atoms with Gasteiger partial charge in [0.15, 0.2) is 11.5 Å². The Balaban J connectivity index is 1.46. The van der Waals surface area contributed by atoms with E-state index in [1.165, 1.54) is 0 Å². The third-order valence-electron chi connectivity index (χ3n) is 7.44. The van der Waals surface area contributed by atoms with Crippen molar-refractivity contribution in [3.63, 3.8) is 0 Å². The summed E-state index contributed by atoms with van der Waals surface area (Å²) in [5.41, 5.74) is 3.37. The number of amides is 2. The summed E-state index contributed by atoms with van der Waals surface area (Å²) in [6, 6.07) is 9.32. The Morgan fingerprint density at radius 1 is 1.02 bits per heavy atom. The predicted molar refractivity (Wildman–Crippen MR) is 160 cm³/mol. The topological polar surface area (TPSA) is 110 Å². The number of ether oxygens (including phenoxy) is 4. The van der Waals surface area contributed by atoms with Crippen LogP contribution < -0.4 is 25.0 Å². The predicted octanol–water partition coefficient (Wildman–Crippen LogP) is 4.26. The molecule has 3 aromatic rings. The third-order valence-corrected chi connectivity index (χ3v) is 7.44. The number of aryl methyl sites for hydroxylation is 1. The standard InChI is InChI=1S/C30H40N6O5/c1-20(2)22-6-5-7-23(18-22)31-30(37)34-28-24-19-25(41-17-10-35-8-13-39-14-9-35)27(38-4)21(3)26(24)32-29(33-28)36-11-15-40-16-12-36/h5-7,18-20H,8-17H2,1-4H3,(H2,31,32,33,34,37). The highest BCUT2D eigenvalue weighted by Crippen LogP contribution is 2.39. The molecule has 220 valence electrons. The van der Waals surface area contributed by atoms with E-state index < -0.39 is 0 Å². The zero-order valence-electron chi connectivity index (χ0n) is 24.4. The molecule has 2 N–H and O–H groups in total. The fraction of sp³-hybridized carbons (Fsp3) is 0.500. The molecule has 2 saturated heterocycles. The molecular weight excluding hydrogens is 524 g/mol. The van der Waals surface area contributed by atoms with Crippen molar-refractivity contribution < 1.29 is 23.7 Å². The van der Waals surface area contributed by atoms with Crippen molar-refractivity contribution in [3.8, 4) is 11.5 Å². The summed E-state index contributed by atoms with van der Waals surface area (Å²) in [6.45, 7) is 13.2. The minimum atomic E-state index is -0.387. The van der Waals surface area contributed by atoms with Crippen molar-refractivity contribution >= 4 is 34.4 Å². The van der Waals surface area contributed by atoms with Crippen LogP contribution in [0.15, 0.2) is 30.3 Å². The quantitative estimate of drug-likeness (QED) is 0.394. The second-order valence-electron chi connectivity index (χ2n) is 10.6. The number of morpholine rings is 2. The first-order valence-electron chi connectivity index (χ1n) is 14.3. The molecule has 2 aliphatic rings. The van der Waals surface area contributed by atoms with Crippen LogP contribution in [0.4, 0.5) is 22.2 Å². The highest BCUT2D eigenvalue weighted by molar-refractivity contribution is 6.05. The molecule has 41 heavy (non-hydrogen) atoms. The van der Waals surface area contributed by atoms with Crippen LogP contribution in [0.3, 0.4) is 0 Å².